The molecule has 132 valence electrons. The van der Waals surface area contributed by atoms with Crippen LogP contribution < -0.4 is 14.8 Å². The van der Waals surface area contributed by atoms with Gasteiger partial charge in [-0.15, -0.1) is 15.3 Å². The van der Waals surface area contributed by atoms with E-state index < -0.39 is 0 Å². The van der Waals surface area contributed by atoms with Crippen LogP contribution in [0.3, 0.4) is 0 Å². The van der Waals surface area contributed by atoms with Gasteiger partial charge in [0.25, 0.3) is 0 Å². The maximum Gasteiger partial charge on any atom is 0.185 e. The third kappa shape index (κ3) is 2.67. The maximum absolute atomic E-state index is 5.46. The molecule has 4 aromatic rings. The molecule has 1 atom stereocenters. The van der Waals surface area contributed by atoms with Gasteiger partial charge in [-0.3, -0.25) is 0 Å². The van der Waals surface area contributed by atoms with Crippen LogP contribution >= 0.6 is 0 Å². The summed E-state index contributed by atoms with van der Waals surface area (Å²) < 4.78 is 12.6. The Hall–Kier alpha value is -3.35. The highest BCUT2D eigenvalue weighted by atomic mass is 16.5. The largest absolute Gasteiger partial charge is 0.493 e. The second kappa shape index (κ2) is 6.51. The summed E-state index contributed by atoms with van der Waals surface area (Å²) >= 11 is 0. The zero-order chi connectivity index (χ0) is 18.1. The first-order valence-electron chi connectivity index (χ1n) is 8.28. The summed E-state index contributed by atoms with van der Waals surface area (Å²) in [6.45, 7) is 2.10. The molecule has 0 radical (unpaired) electrons. The zero-order valence-corrected chi connectivity index (χ0v) is 14.8. The topological polar surface area (TPSA) is 73.6 Å². The van der Waals surface area contributed by atoms with E-state index in [4.69, 9.17) is 9.47 Å². The quantitative estimate of drug-likeness (QED) is 0.595. The molecule has 7 heteroatoms. The molecule has 0 saturated carbocycles. The molecule has 2 aromatic carbocycles. The van der Waals surface area contributed by atoms with Crippen LogP contribution in [-0.2, 0) is 0 Å². The van der Waals surface area contributed by atoms with E-state index in [-0.39, 0.29) is 6.04 Å². The fourth-order valence-electron chi connectivity index (χ4n) is 3.04. The van der Waals surface area contributed by atoms with E-state index in [1.165, 1.54) is 5.56 Å². The summed E-state index contributed by atoms with van der Waals surface area (Å²) in [5.74, 6) is 2.00. The second-order valence-electron chi connectivity index (χ2n) is 5.98. The van der Waals surface area contributed by atoms with Crippen molar-refractivity contribution in [2.24, 2.45) is 0 Å². The Morgan fingerprint density at radius 3 is 2.38 bits per heavy atom. The summed E-state index contributed by atoms with van der Waals surface area (Å²) in [4.78, 5) is 0. The molecule has 0 spiro atoms. The lowest BCUT2D eigenvalue weighted by molar-refractivity contribution is 0.356. The number of hydrogen-bond acceptors (Lipinski definition) is 6. The van der Waals surface area contributed by atoms with E-state index in [1.807, 2.05) is 30.3 Å². The first-order chi connectivity index (χ1) is 12.7. The Morgan fingerprint density at radius 1 is 1.00 bits per heavy atom. The first-order valence-corrected chi connectivity index (χ1v) is 8.28. The fraction of sp³-hybridized carbons (Fsp3) is 0.211. The molecule has 1 N–H and O–H groups in total. The van der Waals surface area contributed by atoms with Crippen LogP contribution in [0.15, 0.2) is 48.8 Å². The van der Waals surface area contributed by atoms with Gasteiger partial charge in [-0.25, -0.2) is 0 Å². The zero-order valence-electron chi connectivity index (χ0n) is 14.8. The molecule has 0 saturated heterocycles. The highest BCUT2D eigenvalue weighted by molar-refractivity contribution is 6.01. The summed E-state index contributed by atoms with van der Waals surface area (Å²) in [7, 11) is 3.23. The van der Waals surface area contributed by atoms with Gasteiger partial charge in [0.2, 0.25) is 0 Å². The van der Waals surface area contributed by atoms with Gasteiger partial charge in [0.05, 0.1) is 20.3 Å². The van der Waals surface area contributed by atoms with Crippen molar-refractivity contribution in [1.29, 1.82) is 0 Å². The number of hydrogen-bond donors (Lipinski definition) is 1. The van der Waals surface area contributed by atoms with Gasteiger partial charge in [-0.2, -0.15) is 4.52 Å². The second-order valence-corrected chi connectivity index (χ2v) is 5.98. The van der Waals surface area contributed by atoms with Gasteiger partial charge >= 0.3 is 0 Å². The minimum absolute atomic E-state index is 0.0777. The van der Waals surface area contributed by atoms with Gasteiger partial charge in [0.1, 0.15) is 6.33 Å². The highest BCUT2D eigenvalue weighted by Gasteiger charge is 2.16. The van der Waals surface area contributed by atoms with Crippen molar-refractivity contribution in [1.82, 2.24) is 19.8 Å². The Bertz CT molecular complexity index is 1060. The van der Waals surface area contributed by atoms with E-state index in [9.17, 15) is 0 Å². The lowest BCUT2D eigenvalue weighted by Crippen LogP contribution is -2.10. The lowest BCUT2D eigenvalue weighted by atomic mass is 10.1. The van der Waals surface area contributed by atoms with Crippen molar-refractivity contribution in [2.75, 3.05) is 19.5 Å². The van der Waals surface area contributed by atoms with Crippen molar-refractivity contribution in [3.8, 4) is 11.5 Å². The summed E-state index contributed by atoms with van der Waals surface area (Å²) in [5, 5.41) is 18.1. The number of anilines is 1. The van der Waals surface area contributed by atoms with Gasteiger partial charge in [0.15, 0.2) is 23.0 Å². The molecule has 0 bridgehead atoms. The number of rotatable bonds is 5. The van der Waals surface area contributed by atoms with Crippen LogP contribution in [0.1, 0.15) is 18.5 Å². The predicted octanol–water partition coefficient (Wildman–Crippen LogP) is 3.47. The third-order valence-electron chi connectivity index (χ3n) is 4.41. The van der Waals surface area contributed by atoms with Crippen LogP contribution in [-0.4, -0.2) is 34.0 Å². The van der Waals surface area contributed by atoms with E-state index in [0.717, 1.165) is 16.6 Å². The SMILES string of the molecule is COc1cc2c(N[C@H](C)c3ccccc3)nn3cnnc3c2cc1OC. The molecule has 0 aliphatic carbocycles. The average molecular weight is 349 g/mol. The molecule has 2 heterocycles. The molecule has 26 heavy (non-hydrogen) atoms. The minimum Gasteiger partial charge on any atom is -0.493 e. The number of nitrogens with zero attached hydrogens (tertiary/aromatic N) is 4. The average Bonchev–Trinajstić information content (AvgIpc) is 3.16. The Labute approximate surface area is 150 Å². The smallest absolute Gasteiger partial charge is 0.185 e. The highest BCUT2D eigenvalue weighted by Crippen LogP contribution is 2.36. The minimum atomic E-state index is 0.0777. The van der Waals surface area contributed by atoms with E-state index >= 15 is 0 Å². The summed E-state index contributed by atoms with van der Waals surface area (Å²) in [6.07, 6.45) is 1.59. The molecule has 0 fully saturated rings. The standard InChI is InChI=1S/C19H19N5O2/c1-12(13-7-5-4-6-8-13)21-18-14-9-16(25-2)17(26-3)10-15(14)19-22-20-11-24(19)23-18/h4-12H,1-3H3,(H,21,23)/t12-/m1/s1. The number of fused-ring (bicyclic) bond motifs is 3. The number of nitrogens with one attached hydrogen (secondary N) is 1. The van der Waals surface area contributed by atoms with Crippen molar-refractivity contribution < 1.29 is 9.47 Å². The molecular weight excluding hydrogens is 330 g/mol. The molecular formula is C19H19N5O2. The lowest BCUT2D eigenvalue weighted by Gasteiger charge is -2.17. The monoisotopic (exact) mass is 349 g/mol. The van der Waals surface area contributed by atoms with Gasteiger partial charge in [-0.05, 0) is 24.6 Å². The van der Waals surface area contributed by atoms with E-state index in [2.05, 4.69) is 39.7 Å². The molecule has 0 unspecified atom stereocenters. The fourth-order valence-corrected chi connectivity index (χ4v) is 3.04. The predicted molar refractivity (Wildman–Crippen MR) is 99.9 cm³/mol. The molecule has 0 aliphatic rings. The maximum atomic E-state index is 5.46. The van der Waals surface area contributed by atoms with Crippen LogP contribution in [0.25, 0.3) is 16.4 Å². The number of ether oxygens (including phenoxy) is 2. The van der Waals surface area contributed by atoms with Crippen molar-refractivity contribution in [3.63, 3.8) is 0 Å². The molecule has 0 aliphatic heterocycles. The van der Waals surface area contributed by atoms with Crippen molar-refractivity contribution in [2.45, 2.75) is 13.0 Å². The first kappa shape index (κ1) is 16.1. The summed E-state index contributed by atoms with van der Waals surface area (Å²) in [6, 6.07) is 14.1. The van der Waals surface area contributed by atoms with Gasteiger partial charge in [0, 0.05) is 10.8 Å². The number of aromatic nitrogens is 4. The summed E-state index contributed by atoms with van der Waals surface area (Å²) in [5.41, 5.74) is 1.84. The van der Waals surface area contributed by atoms with E-state index in [0.29, 0.717) is 17.1 Å². The Kier molecular flexibility index (Phi) is 4.04. The molecule has 2 aromatic heterocycles. The Balaban J connectivity index is 1.89. The van der Waals surface area contributed by atoms with Crippen LogP contribution in [0.4, 0.5) is 5.82 Å². The molecule has 4 rings (SSSR count). The van der Waals surface area contributed by atoms with Gasteiger partial charge in [-0.1, -0.05) is 30.3 Å². The number of benzene rings is 2. The van der Waals surface area contributed by atoms with Crippen LogP contribution in [0.5, 0.6) is 11.5 Å². The van der Waals surface area contributed by atoms with Crippen molar-refractivity contribution >= 4 is 22.2 Å². The molecule has 7 nitrogen and oxygen atoms in total. The Morgan fingerprint density at radius 2 is 1.69 bits per heavy atom. The normalized spacial score (nSPS) is 12.3. The van der Waals surface area contributed by atoms with Crippen molar-refractivity contribution in [3.05, 3.63) is 54.4 Å². The number of methoxy groups -OCH3 is 2. The third-order valence-corrected chi connectivity index (χ3v) is 4.41. The van der Waals surface area contributed by atoms with Crippen LogP contribution in [0, 0.1) is 0 Å². The van der Waals surface area contributed by atoms with E-state index in [1.54, 1.807) is 25.1 Å². The van der Waals surface area contributed by atoms with Crippen LogP contribution in [0.2, 0.25) is 0 Å². The molecule has 0 amide bonds. The van der Waals surface area contributed by atoms with Gasteiger partial charge < -0.3 is 14.8 Å².